The number of halogens is 1. The van der Waals surface area contributed by atoms with E-state index in [-0.39, 0.29) is 17.9 Å². The molecule has 1 heterocycles. The van der Waals surface area contributed by atoms with E-state index in [0.717, 1.165) is 6.20 Å². The van der Waals surface area contributed by atoms with Crippen LogP contribution in [0.3, 0.4) is 0 Å². The summed E-state index contributed by atoms with van der Waals surface area (Å²) >= 11 is 0. The molecule has 74 valence electrons. The zero-order chi connectivity index (χ0) is 10.4. The quantitative estimate of drug-likeness (QED) is 0.435. The highest BCUT2D eigenvalue weighted by Crippen LogP contribution is 2.04. The molecule has 0 aliphatic carbocycles. The first-order chi connectivity index (χ1) is 6.75. The van der Waals surface area contributed by atoms with Crippen molar-refractivity contribution in [2.45, 2.75) is 0 Å². The third-order valence-electron chi connectivity index (χ3n) is 1.65. The lowest BCUT2D eigenvalue weighted by molar-refractivity contribution is 0.0988. The molecule has 0 amide bonds. The molecule has 0 radical (unpaired) electrons. The average Bonchev–Trinajstić information content (AvgIpc) is 2.18. The molecule has 0 unspecified atom stereocenters. The second-order valence-corrected chi connectivity index (χ2v) is 2.70. The predicted octanol–water partition coefficient (Wildman–Crippen LogP) is 1.18. The lowest BCUT2D eigenvalue weighted by Gasteiger charge is -2.01. The predicted molar refractivity (Wildman–Crippen MR) is 51.6 cm³/mol. The number of hydrogen-bond acceptors (Lipinski definition) is 3. The van der Waals surface area contributed by atoms with Crippen molar-refractivity contribution < 1.29 is 9.18 Å². The van der Waals surface area contributed by atoms with E-state index < -0.39 is 5.82 Å². The van der Waals surface area contributed by atoms with Crippen molar-refractivity contribution in [1.82, 2.24) is 10.3 Å². The van der Waals surface area contributed by atoms with Gasteiger partial charge in [0.1, 0.15) is 0 Å². The summed E-state index contributed by atoms with van der Waals surface area (Å²) in [5, 5.41) is 2.81. The van der Waals surface area contributed by atoms with Crippen LogP contribution < -0.4 is 5.32 Å². The van der Waals surface area contributed by atoms with Gasteiger partial charge in [-0.25, -0.2) is 4.39 Å². The highest BCUT2D eigenvalue weighted by molar-refractivity contribution is 5.97. The molecule has 1 N–H and O–H groups in total. The normalized spacial score (nSPS) is 9.79. The van der Waals surface area contributed by atoms with Crippen LogP contribution in [-0.2, 0) is 0 Å². The van der Waals surface area contributed by atoms with E-state index in [9.17, 15) is 9.18 Å². The minimum atomic E-state index is -0.585. The number of carbonyl (C=O) groups excluding carboxylic acids is 1. The van der Waals surface area contributed by atoms with Gasteiger partial charge in [0.05, 0.1) is 18.3 Å². The molecular weight excluding hydrogens is 183 g/mol. The number of hydrogen-bond donors (Lipinski definition) is 1. The summed E-state index contributed by atoms with van der Waals surface area (Å²) in [5.41, 5.74) is 0.0663. The second kappa shape index (κ2) is 5.24. The fourth-order valence-corrected chi connectivity index (χ4v) is 0.984. The van der Waals surface area contributed by atoms with E-state index in [2.05, 4.69) is 16.9 Å². The minimum Gasteiger partial charge on any atom is -0.306 e. The Morgan fingerprint density at radius 1 is 1.71 bits per heavy atom. The SMILES string of the molecule is C=CCNCC(=O)c1ccncc1F. The molecule has 0 bridgehead atoms. The van der Waals surface area contributed by atoms with Gasteiger partial charge in [-0.05, 0) is 6.07 Å². The fourth-order valence-electron chi connectivity index (χ4n) is 0.984. The maximum atomic E-state index is 13.0. The first kappa shape index (κ1) is 10.5. The van der Waals surface area contributed by atoms with Crippen molar-refractivity contribution in [3.63, 3.8) is 0 Å². The van der Waals surface area contributed by atoms with E-state index in [1.54, 1.807) is 6.08 Å². The van der Waals surface area contributed by atoms with Gasteiger partial charge in [0.2, 0.25) is 0 Å². The molecule has 0 atom stereocenters. The monoisotopic (exact) mass is 194 g/mol. The number of nitrogens with one attached hydrogen (secondary N) is 1. The van der Waals surface area contributed by atoms with E-state index in [1.165, 1.54) is 12.3 Å². The third kappa shape index (κ3) is 2.74. The van der Waals surface area contributed by atoms with Crippen molar-refractivity contribution in [3.8, 4) is 0 Å². The van der Waals surface area contributed by atoms with Gasteiger partial charge < -0.3 is 5.32 Å². The highest BCUT2D eigenvalue weighted by Gasteiger charge is 2.09. The Bertz CT molecular complexity index is 339. The van der Waals surface area contributed by atoms with E-state index in [0.29, 0.717) is 6.54 Å². The Morgan fingerprint density at radius 3 is 3.14 bits per heavy atom. The molecule has 0 fully saturated rings. The van der Waals surface area contributed by atoms with Crippen LogP contribution >= 0.6 is 0 Å². The number of pyridine rings is 1. The standard InChI is InChI=1S/C10H11FN2O/c1-2-4-12-7-10(14)8-3-5-13-6-9(8)11/h2-3,5-6,12H,1,4,7H2. The number of rotatable bonds is 5. The molecule has 3 nitrogen and oxygen atoms in total. The van der Waals surface area contributed by atoms with Crippen LogP contribution in [0.15, 0.2) is 31.1 Å². The zero-order valence-electron chi connectivity index (χ0n) is 7.66. The second-order valence-electron chi connectivity index (χ2n) is 2.70. The molecule has 1 aromatic rings. The molecule has 4 heteroatoms. The van der Waals surface area contributed by atoms with Gasteiger partial charge in [-0.15, -0.1) is 6.58 Å². The zero-order valence-corrected chi connectivity index (χ0v) is 7.66. The summed E-state index contributed by atoms with van der Waals surface area (Å²) in [7, 11) is 0. The molecule has 0 aliphatic rings. The topological polar surface area (TPSA) is 42.0 Å². The summed E-state index contributed by atoms with van der Waals surface area (Å²) in [6.07, 6.45) is 4.06. The maximum Gasteiger partial charge on any atom is 0.179 e. The Balaban J connectivity index is 2.60. The maximum absolute atomic E-state index is 13.0. The molecule has 1 aromatic heterocycles. The van der Waals surface area contributed by atoms with Crippen molar-refractivity contribution in [3.05, 3.63) is 42.5 Å². The lowest BCUT2D eigenvalue weighted by atomic mass is 10.1. The highest BCUT2D eigenvalue weighted by atomic mass is 19.1. The number of nitrogens with zero attached hydrogens (tertiary/aromatic N) is 1. The molecule has 0 spiro atoms. The summed E-state index contributed by atoms with van der Waals surface area (Å²) in [5.74, 6) is -0.871. The van der Waals surface area contributed by atoms with Crippen LogP contribution in [0.5, 0.6) is 0 Å². The van der Waals surface area contributed by atoms with E-state index in [4.69, 9.17) is 0 Å². The molecule has 0 aromatic carbocycles. The van der Waals surface area contributed by atoms with Gasteiger partial charge in [-0.1, -0.05) is 6.08 Å². The summed E-state index contributed by atoms with van der Waals surface area (Å²) < 4.78 is 13.0. The van der Waals surface area contributed by atoms with Crippen LogP contribution in [0.1, 0.15) is 10.4 Å². The molecule has 0 saturated heterocycles. The summed E-state index contributed by atoms with van der Waals surface area (Å²) in [6, 6.07) is 1.37. The van der Waals surface area contributed by atoms with Gasteiger partial charge >= 0.3 is 0 Å². The van der Waals surface area contributed by atoms with Crippen LogP contribution in [0.4, 0.5) is 4.39 Å². The van der Waals surface area contributed by atoms with E-state index in [1.807, 2.05) is 0 Å². The van der Waals surface area contributed by atoms with Gasteiger partial charge in [0.15, 0.2) is 11.6 Å². The number of aromatic nitrogens is 1. The Kier molecular flexibility index (Phi) is 3.94. The largest absolute Gasteiger partial charge is 0.306 e. The van der Waals surface area contributed by atoms with Gasteiger partial charge in [0.25, 0.3) is 0 Å². The average molecular weight is 194 g/mol. The third-order valence-corrected chi connectivity index (χ3v) is 1.65. The lowest BCUT2D eigenvalue weighted by Crippen LogP contribution is -2.23. The Morgan fingerprint density at radius 2 is 2.50 bits per heavy atom. The number of ketones is 1. The first-order valence-electron chi connectivity index (χ1n) is 4.20. The van der Waals surface area contributed by atoms with Crippen molar-refractivity contribution in [1.29, 1.82) is 0 Å². The van der Waals surface area contributed by atoms with Gasteiger partial charge in [0, 0.05) is 12.7 Å². The smallest absolute Gasteiger partial charge is 0.179 e. The molecule has 1 rings (SSSR count). The van der Waals surface area contributed by atoms with Crippen LogP contribution in [0, 0.1) is 5.82 Å². The van der Waals surface area contributed by atoms with Gasteiger partial charge in [-0.2, -0.15) is 0 Å². The summed E-state index contributed by atoms with van der Waals surface area (Å²) in [6.45, 7) is 4.12. The van der Waals surface area contributed by atoms with E-state index >= 15 is 0 Å². The van der Waals surface area contributed by atoms with Gasteiger partial charge in [-0.3, -0.25) is 9.78 Å². The van der Waals surface area contributed by atoms with Crippen molar-refractivity contribution in [2.24, 2.45) is 0 Å². The van der Waals surface area contributed by atoms with Crippen LogP contribution in [0.25, 0.3) is 0 Å². The molecular formula is C10H11FN2O. The molecule has 0 aliphatic heterocycles. The molecule has 0 saturated carbocycles. The Hall–Kier alpha value is -1.55. The fraction of sp³-hybridized carbons (Fsp3) is 0.200. The Labute approximate surface area is 81.7 Å². The van der Waals surface area contributed by atoms with Crippen molar-refractivity contribution in [2.75, 3.05) is 13.1 Å². The first-order valence-corrected chi connectivity index (χ1v) is 4.20. The van der Waals surface area contributed by atoms with Crippen LogP contribution in [-0.4, -0.2) is 23.9 Å². The minimum absolute atomic E-state index is 0.0663. The van der Waals surface area contributed by atoms with Crippen LogP contribution in [0.2, 0.25) is 0 Å². The van der Waals surface area contributed by atoms with Crippen molar-refractivity contribution >= 4 is 5.78 Å². The molecule has 14 heavy (non-hydrogen) atoms. The summed E-state index contributed by atoms with van der Waals surface area (Å²) in [4.78, 5) is 14.9. The number of carbonyl (C=O) groups is 1. The number of Topliss-reactive ketones (excluding diaryl/α,β-unsaturated/α-hetero) is 1.